The molecular weight excluding hydrogens is 276 g/mol. The first-order valence-electron chi connectivity index (χ1n) is 8.19. The monoisotopic (exact) mass is 300 g/mol. The number of nitrogens with two attached hydrogens (primary N) is 1. The molecule has 118 valence electrons. The van der Waals surface area contributed by atoms with Gasteiger partial charge in [-0.25, -0.2) is 4.98 Å². The fourth-order valence-corrected chi connectivity index (χ4v) is 3.35. The van der Waals surface area contributed by atoms with Gasteiger partial charge in [0.1, 0.15) is 0 Å². The van der Waals surface area contributed by atoms with Gasteiger partial charge in [0.05, 0.1) is 11.0 Å². The van der Waals surface area contributed by atoms with Crippen molar-refractivity contribution in [3.05, 3.63) is 24.3 Å². The van der Waals surface area contributed by atoms with Crippen LogP contribution in [0.2, 0.25) is 0 Å². The number of rotatable bonds is 5. The number of carbonyl (C=O) groups is 1. The van der Waals surface area contributed by atoms with Crippen molar-refractivity contribution in [1.29, 1.82) is 0 Å². The van der Waals surface area contributed by atoms with Crippen molar-refractivity contribution in [3.8, 4) is 0 Å². The maximum atomic E-state index is 12.3. The molecule has 1 amide bonds. The normalized spacial score (nSPS) is 21.4. The van der Waals surface area contributed by atoms with Crippen LogP contribution in [0.25, 0.3) is 11.0 Å². The second-order valence-corrected chi connectivity index (χ2v) is 6.18. The number of nitrogens with one attached hydrogen (secondary N) is 1. The van der Waals surface area contributed by atoms with Crippen LogP contribution in [0.3, 0.4) is 0 Å². The van der Waals surface area contributed by atoms with Crippen LogP contribution in [0.15, 0.2) is 24.3 Å². The van der Waals surface area contributed by atoms with Crippen molar-refractivity contribution in [1.82, 2.24) is 9.55 Å². The van der Waals surface area contributed by atoms with E-state index in [4.69, 9.17) is 5.73 Å². The quantitative estimate of drug-likeness (QED) is 0.891. The van der Waals surface area contributed by atoms with Crippen LogP contribution in [0.4, 0.5) is 5.95 Å². The van der Waals surface area contributed by atoms with Crippen LogP contribution in [-0.2, 0) is 11.3 Å². The SMILES string of the molecule is CCCn1c(NC(=O)C[C@@H]2CCC[C@H]2N)nc2ccccc21. The molecule has 2 aromatic rings. The number of para-hydroxylation sites is 2. The summed E-state index contributed by atoms with van der Waals surface area (Å²) in [6, 6.07) is 8.15. The standard InChI is InChI=1S/C17H24N4O/c1-2-10-21-15-9-4-3-8-14(15)19-17(21)20-16(22)11-12-6-5-7-13(12)18/h3-4,8-9,12-13H,2,5-7,10-11,18H2,1H3,(H,19,20,22)/t12-,13+/m0/s1. The van der Waals surface area contributed by atoms with Crippen LogP contribution in [0.1, 0.15) is 39.0 Å². The first-order valence-corrected chi connectivity index (χ1v) is 8.19. The molecule has 3 N–H and O–H groups in total. The van der Waals surface area contributed by atoms with Crippen LogP contribution < -0.4 is 11.1 Å². The van der Waals surface area contributed by atoms with Gasteiger partial charge in [0.2, 0.25) is 11.9 Å². The number of amides is 1. The summed E-state index contributed by atoms with van der Waals surface area (Å²) >= 11 is 0. The Kier molecular flexibility index (Phi) is 4.43. The summed E-state index contributed by atoms with van der Waals surface area (Å²) in [6.07, 6.45) is 4.72. The minimum absolute atomic E-state index is 0.0232. The zero-order chi connectivity index (χ0) is 15.5. The van der Waals surface area contributed by atoms with Gasteiger partial charge in [-0.05, 0) is 37.3 Å². The number of imidazole rings is 1. The van der Waals surface area contributed by atoms with Gasteiger partial charge in [0.25, 0.3) is 0 Å². The number of aryl methyl sites for hydroxylation is 1. The Labute approximate surface area is 130 Å². The van der Waals surface area contributed by atoms with Gasteiger partial charge < -0.3 is 10.3 Å². The van der Waals surface area contributed by atoms with E-state index in [9.17, 15) is 4.79 Å². The smallest absolute Gasteiger partial charge is 0.227 e. The first-order chi connectivity index (χ1) is 10.7. The van der Waals surface area contributed by atoms with Gasteiger partial charge in [-0.1, -0.05) is 25.5 Å². The average Bonchev–Trinajstić information content (AvgIpc) is 3.05. The molecule has 5 heteroatoms. The molecule has 2 atom stereocenters. The molecule has 1 fully saturated rings. The number of nitrogens with zero attached hydrogens (tertiary/aromatic N) is 2. The number of hydrogen-bond acceptors (Lipinski definition) is 3. The van der Waals surface area contributed by atoms with E-state index in [1.54, 1.807) is 0 Å². The third kappa shape index (κ3) is 2.99. The molecular formula is C17H24N4O. The molecule has 1 aromatic carbocycles. The summed E-state index contributed by atoms with van der Waals surface area (Å²) in [5.41, 5.74) is 8.05. The summed E-state index contributed by atoms with van der Waals surface area (Å²) < 4.78 is 2.09. The summed E-state index contributed by atoms with van der Waals surface area (Å²) in [4.78, 5) is 16.9. The molecule has 3 rings (SSSR count). The average molecular weight is 300 g/mol. The summed E-state index contributed by atoms with van der Waals surface area (Å²) in [5, 5.41) is 2.99. The lowest BCUT2D eigenvalue weighted by molar-refractivity contribution is -0.117. The highest BCUT2D eigenvalue weighted by molar-refractivity contribution is 5.91. The van der Waals surface area contributed by atoms with Gasteiger partial charge in [-0.15, -0.1) is 0 Å². The highest BCUT2D eigenvalue weighted by atomic mass is 16.1. The number of benzene rings is 1. The molecule has 0 radical (unpaired) electrons. The predicted octanol–water partition coefficient (Wildman–Crippen LogP) is 2.90. The van der Waals surface area contributed by atoms with Crippen molar-refractivity contribution in [2.45, 2.75) is 51.6 Å². The Hall–Kier alpha value is -1.88. The van der Waals surface area contributed by atoms with Crippen molar-refractivity contribution in [2.24, 2.45) is 11.7 Å². The Balaban J connectivity index is 1.77. The van der Waals surface area contributed by atoms with Gasteiger partial charge in [0, 0.05) is 19.0 Å². The van der Waals surface area contributed by atoms with Crippen LogP contribution in [0, 0.1) is 5.92 Å². The van der Waals surface area contributed by atoms with E-state index < -0.39 is 0 Å². The second-order valence-electron chi connectivity index (χ2n) is 6.18. The van der Waals surface area contributed by atoms with Gasteiger partial charge >= 0.3 is 0 Å². The zero-order valence-electron chi connectivity index (χ0n) is 13.1. The Morgan fingerprint density at radius 2 is 2.23 bits per heavy atom. The number of fused-ring (bicyclic) bond motifs is 1. The van der Waals surface area contributed by atoms with Crippen LogP contribution in [0.5, 0.6) is 0 Å². The van der Waals surface area contributed by atoms with E-state index in [1.165, 1.54) is 0 Å². The molecule has 0 spiro atoms. The van der Waals surface area contributed by atoms with Crippen molar-refractivity contribution < 1.29 is 4.79 Å². The van der Waals surface area contributed by atoms with E-state index in [1.807, 2.05) is 24.3 Å². The summed E-state index contributed by atoms with van der Waals surface area (Å²) in [7, 11) is 0. The van der Waals surface area contributed by atoms with Crippen LogP contribution >= 0.6 is 0 Å². The van der Waals surface area contributed by atoms with E-state index in [-0.39, 0.29) is 11.9 Å². The molecule has 1 heterocycles. The highest BCUT2D eigenvalue weighted by Gasteiger charge is 2.26. The zero-order valence-corrected chi connectivity index (χ0v) is 13.1. The minimum Gasteiger partial charge on any atom is -0.327 e. The second kappa shape index (κ2) is 6.48. The van der Waals surface area contributed by atoms with E-state index in [0.717, 1.165) is 43.3 Å². The third-order valence-corrected chi connectivity index (χ3v) is 4.52. The molecule has 22 heavy (non-hydrogen) atoms. The lowest BCUT2D eigenvalue weighted by Crippen LogP contribution is -2.28. The molecule has 0 bridgehead atoms. The van der Waals surface area contributed by atoms with Gasteiger partial charge in [-0.3, -0.25) is 10.1 Å². The van der Waals surface area contributed by atoms with Gasteiger partial charge in [-0.2, -0.15) is 0 Å². The third-order valence-electron chi connectivity index (χ3n) is 4.52. The van der Waals surface area contributed by atoms with Crippen molar-refractivity contribution in [3.63, 3.8) is 0 Å². The lowest BCUT2D eigenvalue weighted by Gasteiger charge is -2.15. The maximum absolute atomic E-state index is 12.3. The molecule has 5 nitrogen and oxygen atoms in total. The minimum atomic E-state index is 0.0232. The molecule has 1 aliphatic carbocycles. The Morgan fingerprint density at radius 3 is 2.95 bits per heavy atom. The highest BCUT2D eigenvalue weighted by Crippen LogP contribution is 2.27. The topological polar surface area (TPSA) is 72.9 Å². The maximum Gasteiger partial charge on any atom is 0.227 e. The molecule has 1 saturated carbocycles. The largest absolute Gasteiger partial charge is 0.327 e. The summed E-state index contributed by atoms with van der Waals surface area (Å²) in [5.74, 6) is 0.985. The molecule has 0 aliphatic heterocycles. The number of hydrogen-bond donors (Lipinski definition) is 2. The summed E-state index contributed by atoms with van der Waals surface area (Å²) in [6.45, 7) is 2.97. The lowest BCUT2D eigenvalue weighted by atomic mass is 10.00. The fraction of sp³-hybridized carbons (Fsp3) is 0.529. The molecule has 0 unspecified atom stereocenters. The predicted molar refractivity (Wildman–Crippen MR) is 88.6 cm³/mol. The van der Waals surface area contributed by atoms with Gasteiger partial charge in [0.15, 0.2) is 0 Å². The fourth-order valence-electron chi connectivity index (χ4n) is 3.35. The number of aromatic nitrogens is 2. The number of anilines is 1. The number of carbonyl (C=O) groups excluding carboxylic acids is 1. The Bertz CT molecular complexity index is 664. The van der Waals surface area contributed by atoms with E-state index in [0.29, 0.717) is 18.3 Å². The molecule has 1 aliphatic rings. The van der Waals surface area contributed by atoms with Crippen molar-refractivity contribution >= 4 is 22.9 Å². The molecule has 1 aromatic heterocycles. The Morgan fingerprint density at radius 1 is 1.41 bits per heavy atom. The van der Waals surface area contributed by atoms with E-state index in [2.05, 4.69) is 21.8 Å². The van der Waals surface area contributed by atoms with Crippen LogP contribution in [-0.4, -0.2) is 21.5 Å². The van der Waals surface area contributed by atoms with Crippen molar-refractivity contribution in [2.75, 3.05) is 5.32 Å². The molecule has 0 saturated heterocycles. The first kappa shape index (κ1) is 15.0. The van der Waals surface area contributed by atoms with E-state index >= 15 is 0 Å².